The summed E-state index contributed by atoms with van der Waals surface area (Å²) >= 11 is 0. The molecule has 0 saturated heterocycles. The van der Waals surface area contributed by atoms with Crippen molar-refractivity contribution in [1.29, 1.82) is 0 Å². The molecule has 0 N–H and O–H groups in total. The second kappa shape index (κ2) is 5.97. The van der Waals surface area contributed by atoms with Crippen molar-refractivity contribution in [3.05, 3.63) is 83.2 Å². The molecule has 0 radical (unpaired) electrons. The Bertz CT molecular complexity index is 492. The van der Waals surface area contributed by atoms with E-state index in [1.54, 1.807) is 12.1 Å². The minimum absolute atomic E-state index is 0.206. The largest absolute Gasteiger partial charge is 0.207 e. The van der Waals surface area contributed by atoms with Gasteiger partial charge in [-0.05, 0) is 30.2 Å². The van der Waals surface area contributed by atoms with Crippen LogP contribution in [0.4, 0.5) is 4.39 Å². The zero-order valence-corrected chi connectivity index (χ0v) is 10.3. The fraction of sp³-hybridized carbons (Fsp3) is 0.0588. The molecule has 0 aromatic heterocycles. The van der Waals surface area contributed by atoms with Gasteiger partial charge in [-0.1, -0.05) is 66.3 Å². The average Bonchev–Trinajstić information content (AvgIpc) is 2.39. The average molecular weight is 238 g/mol. The Morgan fingerprint density at radius 1 is 0.722 bits per heavy atom. The lowest BCUT2D eigenvalue weighted by Crippen LogP contribution is -1.74. The zero-order chi connectivity index (χ0) is 12.8. The van der Waals surface area contributed by atoms with Gasteiger partial charge in [0, 0.05) is 0 Å². The van der Waals surface area contributed by atoms with Gasteiger partial charge in [-0.2, -0.15) is 0 Å². The monoisotopic (exact) mass is 238 g/mol. The molecule has 0 heterocycles. The van der Waals surface area contributed by atoms with Crippen LogP contribution in [0.15, 0.2) is 60.7 Å². The molecule has 0 spiro atoms. The van der Waals surface area contributed by atoms with Crippen LogP contribution in [0.25, 0.3) is 12.2 Å². The quantitative estimate of drug-likeness (QED) is 0.670. The van der Waals surface area contributed by atoms with E-state index in [0.29, 0.717) is 0 Å². The first kappa shape index (κ1) is 12.3. The van der Waals surface area contributed by atoms with E-state index in [1.807, 2.05) is 24.3 Å². The van der Waals surface area contributed by atoms with E-state index in [-0.39, 0.29) is 5.82 Å². The van der Waals surface area contributed by atoms with Crippen molar-refractivity contribution >= 4 is 12.2 Å². The summed E-state index contributed by atoms with van der Waals surface area (Å²) in [5.41, 5.74) is 3.42. The van der Waals surface area contributed by atoms with E-state index < -0.39 is 0 Å². The van der Waals surface area contributed by atoms with Gasteiger partial charge in [0.15, 0.2) is 0 Å². The molecular formula is C17H15F. The van der Waals surface area contributed by atoms with Crippen LogP contribution >= 0.6 is 0 Å². The zero-order valence-electron chi connectivity index (χ0n) is 10.3. The maximum absolute atomic E-state index is 12.7. The second-order valence-electron chi connectivity index (χ2n) is 4.18. The predicted octanol–water partition coefficient (Wildman–Crippen LogP) is 4.86. The number of hydrogen-bond donors (Lipinski definition) is 0. The highest BCUT2D eigenvalue weighted by Crippen LogP contribution is 2.07. The summed E-state index contributed by atoms with van der Waals surface area (Å²) in [6.07, 6.45) is 7.92. The normalized spacial score (nSPS) is 11.4. The Balaban J connectivity index is 1.98. The molecule has 0 aliphatic carbocycles. The number of allylic oxidation sites excluding steroid dienone is 2. The van der Waals surface area contributed by atoms with Crippen molar-refractivity contribution < 1.29 is 4.39 Å². The van der Waals surface area contributed by atoms with Crippen LogP contribution < -0.4 is 0 Å². The van der Waals surface area contributed by atoms with E-state index in [0.717, 1.165) is 5.56 Å². The third-order valence-electron chi connectivity index (χ3n) is 2.64. The van der Waals surface area contributed by atoms with Gasteiger partial charge in [-0.3, -0.25) is 0 Å². The summed E-state index contributed by atoms with van der Waals surface area (Å²) in [6.45, 7) is 2.07. The first-order valence-corrected chi connectivity index (χ1v) is 5.91. The molecule has 2 rings (SSSR count). The maximum atomic E-state index is 12.7. The standard InChI is InChI=1S/C17H15F/c1-14-6-8-15(9-7-14)4-2-3-5-16-10-12-17(18)13-11-16/h2-13H,1H3/b4-2+,5-3+. The Morgan fingerprint density at radius 3 is 1.67 bits per heavy atom. The molecule has 0 bridgehead atoms. The minimum atomic E-state index is -0.206. The van der Waals surface area contributed by atoms with Crippen LogP contribution in [0.5, 0.6) is 0 Å². The summed E-state index contributed by atoms with van der Waals surface area (Å²) in [6, 6.07) is 14.8. The Morgan fingerprint density at radius 2 is 1.17 bits per heavy atom. The first-order chi connectivity index (χ1) is 8.74. The molecule has 0 atom stereocenters. The van der Waals surface area contributed by atoms with Crippen molar-refractivity contribution in [2.75, 3.05) is 0 Å². The van der Waals surface area contributed by atoms with E-state index in [2.05, 4.69) is 31.2 Å². The van der Waals surface area contributed by atoms with Crippen molar-refractivity contribution in [3.63, 3.8) is 0 Å². The highest BCUT2D eigenvalue weighted by Gasteiger charge is 1.88. The van der Waals surface area contributed by atoms with Crippen LogP contribution in [0.3, 0.4) is 0 Å². The fourth-order valence-corrected chi connectivity index (χ4v) is 1.58. The highest BCUT2D eigenvalue weighted by atomic mass is 19.1. The van der Waals surface area contributed by atoms with Crippen molar-refractivity contribution in [2.24, 2.45) is 0 Å². The molecule has 2 aromatic carbocycles. The smallest absolute Gasteiger partial charge is 0.123 e. The van der Waals surface area contributed by atoms with E-state index in [4.69, 9.17) is 0 Å². The third-order valence-corrected chi connectivity index (χ3v) is 2.64. The molecule has 2 aromatic rings. The van der Waals surface area contributed by atoms with Crippen LogP contribution in [0.2, 0.25) is 0 Å². The van der Waals surface area contributed by atoms with E-state index in [9.17, 15) is 4.39 Å². The summed E-state index contributed by atoms with van der Waals surface area (Å²) in [4.78, 5) is 0. The molecule has 1 heteroatoms. The topological polar surface area (TPSA) is 0 Å². The SMILES string of the molecule is Cc1ccc(/C=C/C=C/c2ccc(F)cc2)cc1. The summed E-state index contributed by atoms with van der Waals surface area (Å²) in [5.74, 6) is -0.206. The molecule has 0 aliphatic rings. The number of rotatable bonds is 3. The predicted molar refractivity (Wildman–Crippen MR) is 75.6 cm³/mol. The fourth-order valence-electron chi connectivity index (χ4n) is 1.58. The van der Waals surface area contributed by atoms with E-state index in [1.165, 1.54) is 23.3 Å². The Hall–Kier alpha value is -2.15. The molecule has 90 valence electrons. The third kappa shape index (κ3) is 3.70. The summed E-state index contributed by atoms with van der Waals surface area (Å²) < 4.78 is 12.7. The van der Waals surface area contributed by atoms with Gasteiger partial charge in [0.2, 0.25) is 0 Å². The maximum Gasteiger partial charge on any atom is 0.123 e. The first-order valence-electron chi connectivity index (χ1n) is 5.91. The molecule has 0 saturated carbocycles. The lowest BCUT2D eigenvalue weighted by molar-refractivity contribution is 0.628. The van der Waals surface area contributed by atoms with Gasteiger partial charge in [0.05, 0.1) is 0 Å². The van der Waals surface area contributed by atoms with Crippen LogP contribution in [0, 0.1) is 12.7 Å². The molecule has 0 amide bonds. The molecule has 0 fully saturated rings. The lowest BCUT2D eigenvalue weighted by atomic mass is 10.1. The molecule has 0 nitrogen and oxygen atoms in total. The van der Waals surface area contributed by atoms with Crippen molar-refractivity contribution in [3.8, 4) is 0 Å². The molecule has 0 aliphatic heterocycles. The number of aryl methyl sites for hydroxylation is 1. The van der Waals surface area contributed by atoms with Crippen molar-refractivity contribution in [1.82, 2.24) is 0 Å². The Kier molecular flexibility index (Phi) is 4.08. The number of hydrogen-bond acceptors (Lipinski definition) is 0. The van der Waals surface area contributed by atoms with Gasteiger partial charge in [0.1, 0.15) is 5.82 Å². The van der Waals surface area contributed by atoms with Crippen LogP contribution in [-0.2, 0) is 0 Å². The summed E-state index contributed by atoms with van der Waals surface area (Å²) in [7, 11) is 0. The van der Waals surface area contributed by atoms with Gasteiger partial charge in [0.25, 0.3) is 0 Å². The highest BCUT2D eigenvalue weighted by molar-refractivity contribution is 5.57. The van der Waals surface area contributed by atoms with Gasteiger partial charge >= 0.3 is 0 Å². The van der Waals surface area contributed by atoms with E-state index >= 15 is 0 Å². The molecular weight excluding hydrogens is 223 g/mol. The van der Waals surface area contributed by atoms with Crippen LogP contribution in [0.1, 0.15) is 16.7 Å². The van der Waals surface area contributed by atoms with Crippen molar-refractivity contribution in [2.45, 2.75) is 6.92 Å². The Labute approximate surface area is 107 Å². The van der Waals surface area contributed by atoms with Crippen LogP contribution in [-0.4, -0.2) is 0 Å². The molecule has 18 heavy (non-hydrogen) atoms. The van der Waals surface area contributed by atoms with Gasteiger partial charge in [-0.25, -0.2) is 4.39 Å². The second-order valence-corrected chi connectivity index (χ2v) is 4.18. The minimum Gasteiger partial charge on any atom is -0.207 e. The lowest BCUT2D eigenvalue weighted by Gasteiger charge is -1.93. The van der Waals surface area contributed by atoms with Gasteiger partial charge in [-0.15, -0.1) is 0 Å². The van der Waals surface area contributed by atoms with Gasteiger partial charge < -0.3 is 0 Å². The number of halogens is 1. The number of benzene rings is 2. The molecule has 0 unspecified atom stereocenters. The summed E-state index contributed by atoms with van der Waals surface area (Å²) in [5, 5.41) is 0.